The standard InChI is InChI=1S/C22H27NO3/c1-16-7-10-21(26-16)22(24)23-12-11-20(25-15-18-8-9-18)19(14-23)13-17-5-3-2-4-6-17/h2-7,10,18-20H,8-9,11-15H2,1H3/t19-,20+/m0/s1. The lowest BCUT2D eigenvalue weighted by Gasteiger charge is -2.38. The van der Waals surface area contributed by atoms with Gasteiger partial charge in [0.15, 0.2) is 5.76 Å². The molecule has 0 radical (unpaired) electrons. The Morgan fingerprint density at radius 3 is 2.65 bits per heavy atom. The summed E-state index contributed by atoms with van der Waals surface area (Å²) in [7, 11) is 0. The Balaban J connectivity index is 1.45. The molecule has 0 spiro atoms. The molecule has 0 N–H and O–H groups in total. The number of hydrogen-bond donors (Lipinski definition) is 0. The van der Waals surface area contributed by atoms with Crippen molar-refractivity contribution in [2.24, 2.45) is 11.8 Å². The van der Waals surface area contributed by atoms with Crippen LogP contribution in [0.2, 0.25) is 0 Å². The molecule has 2 heterocycles. The Kier molecular flexibility index (Phi) is 5.11. The van der Waals surface area contributed by atoms with E-state index in [4.69, 9.17) is 9.15 Å². The van der Waals surface area contributed by atoms with Crippen molar-refractivity contribution in [2.45, 2.75) is 38.7 Å². The topological polar surface area (TPSA) is 42.7 Å². The fourth-order valence-electron chi connectivity index (χ4n) is 3.78. The maximum absolute atomic E-state index is 12.8. The van der Waals surface area contributed by atoms with Crippen molar-refractivity contribution in [3.63, 3.8) is 0 Å². The van der Waals surface area contributed by atoms with E-state index in [1.54, 1.807) is 6.07 Å². The van der Waals surface area contributed by atoms with Crippen molar-refractivity contribution in [3.05, 3.63) is 59.5 Å². The summed E-state index contributed by atoms with van der Waals surface area (Å²) in [5.74, 6) is 2.30. The predicted molar refractivity (Wildman–Crippen MR) is 100 cm³/mol. The van der Waals surface area contributed by atoms with Crippen LogP contribution in [0, 0.1) is 18.8 Å². The molecular weight excluding hydrogens is 326 g/mol. The zero-order valence-electron chi connectivity index (χ0n) is 15.4. The molecule has 0 unspecified atom stereocenters. The van der Waals surface area contributed by atoms with Crippen LogP contribution in [0.3, 0.4) is 0 Å². The zero-order chi connectivity index (χ0) is 17.9. The average Bonchev–Trinajstić information content (AvgIpc) is 3.39. The fourth-order valence-corrected chi connectivity index (χ4v) is 3.78. The monoisotopic (exact) mass is 353 g/mol. The normalized spacial score (nSPS) is 23.2. The van der Waals surface area contributed by atoms with Crippen LogP contribution in [-0.4, -0.2) is 36.6 Å². The Hall–Kier alpha value is -2.07. The molecule has 2 aliphatic rings. The van der Waals surface area contributed by atoms with E-state index in [2.05, 4.69) is 24.3 Å². The third kappa shape index (κ3) is 4.18. The molecule has 1 aromatic carbocycles. The van der Waals surface area contributed by atoms with E-state index in [1.807, 2.05) is 24.0 Å². The van der Waals surface area contributed by atoms with Crippen LogP contribution in [-0.2, 0) is 11.2 Å². The minimum atomic E-state index is -0.00296. The molecule has 0 bridgehead atoms. The highest BCUT2D eigenvalue weighted by atomic mass is 16.5. The summed E-state index contributed by atoms with van der Waals surface area (Å²) in [6.07, 6.45) is 4.68. The Labute approximate surface area is 155 Å². The number of furan rings is 1. The smallest absolute Gasteiger partial charge is 0.289 e. The Bertz CT molecular complexity index is 735. The molecule has 2 atom stereocenters. The molecule has 1 saturated carbocycles. The van der Waals surface area contributed by atoms with Crippen molar-refractivity contribution in [3.8, 4) is 0 Å². The number of piperidine rings is 1. The van der Waals surface area contributed by atoms with Crippen LogP contribution in [0.4, 0.5) is 0 Å². The first-order chi connectivity index (χ1) is 12.7. The molecule has 4 nitrogen and oxygen atoms in total. The summed E-state index contributed by atoms with van der Waals surface area (Å²) in [5.41, 5.74) is 1.31. The highest BCUT2D eigenvalue weighted by molar-refractivity contribution is 5.91. The van der Waals surface area contributed by atoms with E-state index in [-0.39, 0.29) is 12.0 Å². The number of carbonyl (C=O) groups excluding carboxylic acids is 1. The van der Waals surface area contributed by atoms with Crippen LogP contribution in [0.1, 0.15) is 41.1 Å². The number of nitrogens with zero attached hydrogens (tertiary/aromatic N) is 1. The van der Waals surface area contributed by atoms with E-state index >= 15 is 0 Å². The number of aryl methyl sites for hydroxylation is 1. The number of benzene rings is 1. The molecule has 26 heavy (non-hydrogen) atoms. The van der Waals surface area contributed by atoms with Gasteiger partial charge in [0.05, 0.1) is 6.10 Å². The summed E-state index contributed by atoms with van der Waals surface area (Å²) in [4.78, 5) is 14.7. The van der Waals surface area contributed by atoms with Crippen molar-refractivity contribution >= 4 is 5.91 Å². The molecule has 1 saturated heterocycles. The van der Waals surface area contributed by atoms with Gasteiger partial charge in [-0.15, -0.1) is 0 Å². The van der Waals surface area contributed by atoms with Gasteiger partial charge in [-0.1, -0.05) is 30.3 Å². The van der Waals surface area contributed by atoms with Gasteiger partial charge in [0.25, 0.3) is 5.91 Å². The number of likely N-dealkylation sites (tertiary alicyclic amines) is 1. The van der Waals surface area contributed by atoms with Crippen LogP contribution in [0.5, 0.6) is 0 Å². The fraction of sp³-hybridized carbons (Fsp3) is 0.500. The number of carbonyl (C=O) groups is 1. The molecule has 2 aromatic rings. The van der Waals surface area contributed by atoms with Crippen LogP contribution in [0.25, 0.3) is 0 Å². The predicted octanol–water partition coefficient (Wildman–Crippen LogP) is 4.09. The third-order valence-corrected chi connectivity index (χ3v) is 5.49. The van der Waals surface area contributed by atoms with E-state index < -0.39 is 0 Å². The van der Waals surface area contributed by atoms with Crippen molar-refractivity contribution in [2.75, 3.05) is 19.7 Å². The van der Waals surface area contributed by atoms with Gasteiger partial charge in [0, 0.05) is 25.6 Å². The summed E-state index contributed by atoms with van der Waals surface area (Å²) in [6, 6.07) is 14.1. The quantitative estimate of drug-likeness (QED) is 0.786. The lowest BCUT2D eigenvalue weighted by molar-refractivity contribution is -0.0331. The zero-order valence-corrected chi connectivity index (χ0v) is 15.4. The van der Waals surface area contributed by atoms with Gasteiger partial charge >= 0.3 is 0 Å². The van der Waals surface area contributed by atoms with E-state index in [9.17, 15) is 4.79 Å². The molecule has 1 aliphatic carbocycles. The van der Waals surface area contributed by atoms with Gasteiger partial charge in [-0.2, -0.15) is 0 Å². The average molecular weight is 353 g/mol. The molecule has 1 aliphatic heterocycles. The second-order valence-electron chi connectivity index (χ2n) is 7.72. The summed E-state index contributed by atoms with van der Waals surface area (Å²) < 4.78 is 11.8. The maximum atomic E-state index is 12.8. The Morgan fingerprint density at radius 2 is 1.96 bits per heavy atom. The van der Waals surface area contributed by atoms with Gasteiger partial charge in [-0.3, -0.25) is 4.79 Å². The van der Waals surface area contributed by atoms with Crippen molar-refractivity contribution < 1.29 is 13.9 Å². The number of rotatable bonds is 6. The van der Waals surface area contributed by atoms with Crippen LogP contribution in [0.15, 0.2) is 46.9 Å². The van der Waals surface area contributed by atoms with Crippen LogP contribution >= 0.6 is 0 Å². The summed E-state index contributed by atoms with van der Waals surface area (Å²) in [6.45, 7) is 4.20. The first kappa shape index (κ1) is 17.3. The molecule has 2 fully saturated rings. The summed E-state index contributed by atoms with van der Waals surface area (Å²) in [5, 5.41) is 0. The minimum absolute atomic E-state index is 0.00296. The molecule has 1 amide bonds. The highest BCUT2D eigenvalue weighted by Gasteiger charge is 2.34. The van der Waals surface area contributed by atoms with Gasteiger partial charge in [-0.25, -0.2) is 0 Å². The first-order valence-corrected chi connectivity index (χ1v) is 9.70. The summed E-state index contributed by atoms with van der Waals surface area (Å²) >= 11 is 0. The maximum Gasteiger partial charge on any atom is 0.289 e. The lowest BCUT2D eigenvalue weighted by atomic mass is 9.88. The second kappa shape index (κ2) is 7.67. The SMILES string of the molecule is Cc1ccc(C(=O)N2CC[C@@H](OCC3CC3)[C@@H](Cc3ccccc3)C2)o1. The minimum Gasteiger partial charge on any atom is -0.456 e. The van der Waals surface area contributed by atoms with Crippen molar-refractivity contribution in [1.29, 1.82) is 0 Å². The van der Waals surface area contributed by atoms with E-state index in [0.29, 0.717) is 11.7 Å². The second-order valence-corrected chi connectivity index (χ2v) is 7.72. The molecule has 4 heteroatoms. The number of hydrogen-bond acceptors (Lipinski definition) is 3. The van der Waals surface area contributed by atoms with Gasteiger partial charge in [0.2, 0.25) is 0 Å². The molecule has 138 valence electrons. The number of ether oxygens (including phenoxy) is 1. The van der Waals surface area contributed by atoms with Crippen LogP contribution < -0.4 is 0 Å². The third-order valence-electron chi connectivity index (χ3n) is 5.49. The lowest BCUT2D eigenvalue weighted by Crippen LogP contribution is -2.47. The van der Waals surface area contributed by atoms with E-state index in [0.717, 1.165) is 44.2 Å². The largest absolute Gasteiger partial charge is 0.456 e. The van der Waals surface area contributed by atoms with Gasteiger partial charge < -0.3 is 14.1 Å². The van der Waals surface area contributed by atoms with Gasteiger partial charge in [0.1, 0.15) is 5.76 Å². The molecule has 4 rings (SSSR count). The highest BCUT2D eigenvalue weighted by Crippen LogP contribution is 2.32. The number of amides is 1. The van der Waals surface area contributed by atoms with Crippen molar-refractivity contribution in [1.82, 2.24) is 4.90 Å². The molecular formula is C22H27NO3. The van der Waals surface area contributed by atoms with E-state index in [1.165, 1.54) is 18.4 Å². The molecule has 1 aromatic heterocycles. The van der Waals surface area contributed by atoms with Gasteiger partial charge in [-0.05, 0) is 56.2 Å². The Morgan fingerprint density at radius 1 is 1.15 bits per heavy atom. The first-order valence-electron chi connectivity index (χ1n) is 9.70.